The average molecular weight is 303 g/mol. The molecule has 1 aromatic heterocycles. The van der Waals surface area contributed by atoms with E-state index < -0.39 is 37.5 Å². The number of aryl methyl sites for hydroxylation is 1. The average Bonchev–Trinajstić information content (AvgIpc) is 2.74. The van der Waals surface area contributed by atoms with Gasteiger partial charge < -0.3 is 18.7 Å². The number of aromatic amines is 1. The second-order valence-electron chi connectivity index (χ2n) is 4.73. The number of ether oxygens (including phenoxy) is 1. The fourth-order valence-electron chi connectivity index (χ4n) is 2.29. The van der Waals surface area contributed by atoms with E-state index in [1.165, 1.54) is 10.8 Å². The number of phosphoric acid groups is 1. The molecule has 2 aliphatic heterocycles. The normalized spacial score (nSPS) is 36.8. The van der Waals surface area contributed by atoms with Crippen LogP contribution in [0.5, 0.6) is 0 Å². The van der Waals surface area contributed by atoms with Crippen molar-refractivity contribution in [2.75, 3.05) is 6.61 Å². The quantitative estimate of drug-likeness (QED) is 0.661. The number of aromatic nitrogens is 2. The number of fused-ring (bicyclic) bond motifs is 1. The first kappa shape index (κ1) is 13.7. The lowest BCUT2D eigenvalue weighted by atomic mass is 10.2. The zero-order chi connectivity index (χ0) is 14.5. The van der Waals surface area contributed by atoms with Gasteiger partial charge >= 0.3 is 5.69 Å². The van der Waals surface area contributed by atoms with Crippen molar-refractivity contribution >= 4 is 7.82 Å². The smallest absolute Gasteiger partial charge is 0.330 e. The van der Waals surface area contributed by atoms with Crippen LogP contribution in [0.3, 0.4) is 0 Å². The summed E-state index contributed by atoms with van der Waals surface area (Å²) in [7, 11) is -4.28. The highest BCUT2D eigenvalue weighted by Crippen LogP contribution is 2.49. The van der Waals surface area contributed by atoms with E-state index in [1.807, 2.05) is 0 Å². The summed E-state index contributed by atoms with van der Waals surface area (Å²) >= 11 is 0. The Morgan fingerprint density at radius 2 is 2.20 bits per heavy atom. The zero-order valence-electron chi connectivity index (χ0n) is 10.5. The standard InChI is InChI=1S/C10H13N2O7P/c1-5-3-12(10(14)11-9(5)13)8-2-6-7(18-8)4-17-20(15,16)19-6/h3,6-8H,2,4H2,1H3,(H,15,16)(H,11,13,14)/p-1/t6-,7-,8+/m0/s1. The molecular weight excluding hydrogens is 291 g/mol. The van der Waals surface area contributed by atoms with Gasteiger partial charge in [-0.1, -0.05) is 0 Å². The maximum atomic E-state index is 11.8. The summed E-state index contributed by atoms with van der Waals surface area (Å²) in [6.07, 6.45) is -0.381. The molecule has 10 heteroatoms. The van der Waals surface area contributed by atoms with Gasteiger partial charge in [-0.2, -0.15) is 0 Å². The molecule has 2 fully saturated rings. The Morgan fingerprint density at radius 1 is 1.45 bits per heavy atom. The van der Waals surface area contributed by atoms with Crippen LogP contribution in [0.2, 0.25) is 0 Å². The van der Waals surface area contributed by atoms with Crippen LogP contribution >= 0.6 is 7.82 Å². The van der Waals surface area contributed by atoms with Crippen molar-refractivity contribution in [3.63, 3.8) is 0 Å². The van der Waals surface area contributed by atoms with Gasteiger partial charge in [0.25, 0.3) is 13.4 Å². The van der Waals surface area contributed by atoms with Gasteiger partial charge in [-0.05, 0) is 6.92 Å². The lowest BCUT2D eigenvalue weighted by Gasteiger charge is -2.33. The van der Waals surface area contributed by atoms with E-state index in [0.717, 1.165) is 0 Å². The largest absolute Gasteiger partial charge is 0.756 e. The number of phosphoric ester groups is 1. The van der Waals surface area contributed by atoms with Crippen molar-refractivity contribution in [1.82, 2.24) is 9.55 Å². The minimum absolute atomic E-state index is 0.140. The lowest BCUT2D eigenvalue weighted by molar-refractivity contribution is -0.243. The van der Waals surface area contributed by atoms with Gasteiger partial charge in [0.2, 0.25) is 0 Å². The number of H-pyrrole nitrogens is 1. The molecule has 1 unspecified atom stereocenters. The van der Waals surface area contributed by atoms with Crippen LogP contribution in [-0.4, -0.2) is 28.4 Å². The lowest BCUT2D eigenvalue weighted by Crippen LogP contribution is -2.35. The molecule has 0 saturated carbocycles. The van der Waals surface area contributed by atoms with Crippen molar-refractivity contribution in [3.8, 4) is 0 Å². The van der Waals surface area contributed by atoms with E-state index in [1.54, 1.807) is 6.92 Å². The number of nitrogens with one attached hydrogen (secondary N) is 1. The molecule has 110 valence electrons. The van der Waals surface area contributed by atoms with Gasteiger partial charge in [0, 0.05) is 18.2 Å². The molecular formula is C10H12N2O7P-. The van der Waals surface area contributed by atoms with Crippen molar-refractivity contribution in [3.05, 3.63) is 32.6 Å². The van der Waals surface area contributed by atoms with Gasteiger partial charge in [0.05, 0.1) is 12.7 Å². The van der Waals surface area contributed by atoms with Gasteiger partial charge in [0.15, 0.2) is 0 Å². The fourth-order valence-corrected chi connectivity index (χ4v) is 3.24. The molecule has 1 aromatic rings. The van der Waals surface area contributed by atoms with Gasteiger partial charge in [0.1, 0.15) is 12.3 Å². The molecule has 3 rings (SSSR count). The van der Waals surface area contributed by atoms with E-state index >= 15 is 0 Å². The Balaban J connectivity index is 1.88. The summed E-state index contributed by atoms with van der Waals surface area (Å²) in [6.45, 7) is 1.42. The molecule has 0 amide bonds. The van der Waals surface area contributed by atoms with Crippen LogP contribution in [0.4, 0.5) is 0 Å². The molecule has 0 aromatic carbocycles. The Morgan fingerprint density at radius 3 is 2.95 bits per heavy atom. The Labute approximate surface area is 112 Å². The molecule has 2 aliphatic rings. The number of nitrogens with zero attached hydrogens (tertiary/aromatic N) is 1. The number of hydrogen-bond donors (Lipinski definition) is 1. The highest BCUT2D eigenvalue weighted by Gasteiger charge is 2.43. The summed E-state index contributed by atoms with van der Waals surface area (Å²) in [5, 5.41) is 0. The van der Waals surface area contributed by atoms with E-state index in [2.05, 4.69) is 9.51 Å². The molecule has 20 heavy (non-hydrogen) atoms. The maximum Gasteiger partial charge on any atom is 0.330 e. The topological polar surface area (TPSA) is 123 Å². The molecule has 1 N–H and O–H groups in total. The first-order chi connectivity index (χ1) is 9.35. The third-order valence-corrected chi connectivity index (χ3v) is 4.29. The van der Waals surface area contributed by atoms with E-state index in [4.69, 9.17) is 9.26 Å². The second kappa shape index (κ2) is 4.64. The van der Waals surface area contributed by atoms with Gasteiger partial charge in [-0.25, -0.2) is 4.79 Å². The minimum atomic E-state index is -4.28. The molecule has 0 radical (unpaired) electrons. The van der Waals surface area contributed by atoms with E-state index in [9.17, 15) is 19.0 Å². The van der Waals surface area contributed by atoms with Crippen molar-refractivity contribution < 1.29 is 23.2 Å². The van der Waals surface area contributed by atoms with Crippen LogP contribution in [0.15, 0.2) is 15.8 Å². The van der Waals surface area contributed by atoms with Crippen LogP contribution in [-0.2, 0) is 18.3 Å². The Kier molecular flexibility index (Phi) is 3.19. The van der Waals surface area contributed by atoms with Crippen molar-refractivity contribution in [2.24, 2.45) is 0 Å². The summed E-state index contributed by atoms with van der Waals surface area (Å²) < 4.78 is 27.3. The molecule has 4 atom stereocenters. The highest BCUT2D eigenvalue weighted by molar-refractivity contribution is 7.45. The molecule has 3 heterocycles. The predicted molar refractivity (Wildman–Crippen MR) is 63.0 cm³/mol. The second-order valence-corrected chi connectivity index (χ2v) is 6.09. The van der Waals surface area contributed by atoms with Crippen LogP contribution in [0.1, 0.15) is 18.2 Å². The molecule has 9 nitrogen and oxygen atoms in total. The molecule has 2 saturated heterocycles. The predicted octanol–water partition coefficient (Wildman–Crippen LogP) is -0.984. The van der Waals surface area contributed by atoms with Gasteiger partial charge in [-0.3, -0.25) is 18.9 Å². The van der Waals surface area contributed by atoms with Crippen molar-refractivity contribution in [1.29, 1.82) is 0 Å². The Bertz CT molecular complexity index is 696. The minimum Gasteiger partial charge on any atom is -0.756 e. The molecule has 0 bridgehead atoms. The monoisotopic (exact) mass is 303 g/mol. The summed E-state index contributed by atoms with van der Waals surface area (Å²) in [5.41, 5.74) is -0.726. The summed E-state index contributed by atoms with van der Waals surface area (Å²) in [5.74, 6) is 0. The van der Waals surface area contributed by atoms with Crippen LogP contribution in [0.25, 0.3) is 0 Å². The highest BCUT2D eigenvalue weighted by atomic mass is 31.2. The fraction of sp³-hybridized carbons (Fsp3) is 0.600. The maximum absolute atomic E-state index is 11.8. The van der Waals surface area contributed by atoms with Crippen molar-refractivity contribution in [2.45, 2.75) is 31.8 Å². The van der Waals surface area contributed by atoms with Crippen LogP contribution < -0.4 is 16.1 Å². The van der Waals surface area contributed by atoms with E-state index in [0.29, 0.717) is 5.56 Å². The first-order valence-corrected chi connectivity index (χ1v) is 7.43. The first-order valence-electron chi connectivity index (χ1n) is 5.97. The molecule has 0 spiro atoms. The third-order valence-electron chi connectivity index (χ3n) is 3.30. The molecule has 0 aliphatic carbocycles. The van der Waals surface area contributed by atoms with Gasteiger partial charge in [-0.15, -0.1) is 0 Å². The Hall–Kier alpha value is -1.25. The number of rotatable bonds is 1. The summed E-state index contributed by atoms with van der Waals surface area (Å²) in [6, 6.07) is 0. The SMILES string of the molecule is Cc1cn([C@H]2C[C@@H]3OP(=O)([O-])OC[C@@H]3O2)c(=O)[nH]c1=O. The van der Waals surface area contributed by atoms with E-state index in [-0.39, 0.29) is 13.0 Å². The summed E-state index contributed by atoms with van der Waals surface area (Å²) in [4.78, 5) is 36.4. The van der Waals surface area contributed by atoms with Crippen LogP contribution in [0, 0.1) is 6.92 Å². The number of hydrogen-bond acceptors (Lipinski definition) is 7. The third kappa shape index (κ3) is 2.38. The zero-order valence-corrected chi connectivity index (χ0v) is 11.4.